The second kappa shape index (κ2) is 9.45. The van der Waals surface area contributed by atoms with E-state index in [-0.39, 0.29) is 0 Å². The normalized spacial score (nSPS) is 10.9. The Morgan fingerprint density at radius 1 is 1.04 bits per heavy atom. The Morgan fingerprint density at radius 2 is 1.79 bits per heavy atom. The number of nitrogens with zero attached hydrogens (tertiary/aromatic N) is 3. The van der Waals surface area contributed by atoms with Crippen LogP contribution in [-0.4, -0.2) is 48.6 Å². The summed E-state index contributed by atoms with van der Waals surface area (Å²) < 4.78 is 0. The van der Waals surface area contributed by atoms with Crippen LogP contribution in [0.1, 0.15) is 17.7 Å². The molecule has 2 aromatic rings. The maximum atomic E-state index is 5.90. The van der Waals surface area contributed by atoms with Crippen LogP contribution < -0.4 is 10.6 Å². The number of benzene rings is 1. The molecule has 0 unspecified atom stereocenters. The van der Waals surface area contributed by atoms with Gasteiger partial charge in [0.1, 0.15) is 5.82 Å². The molecule has 0 aliphatic rings. The third-order valence-electron chi connectivity index (χ3n) is 3.55. The lowest BCUT2D eigenvalue weighted by atomic mass is 10.1. The highest BCUT2D eigenvalue weighted by Crippen LogP contribution is 2.12. The Labute approximate surface area is 149 Å². The van der Waals surface area contributed by atoms with E-state index in [0.29, 0.717) is 5.95 Å². The van der Waals surface area contributed by atoms with Gasteiger partial charge in [-0.05, 0) is 58.1 Å². The summed E-state index contributed by atoms with van der Waals surface area (Å²) in [6, 6.07) is 9.88. The van der Waals surface area contributed by atoms with E-state index in [9.17, 15) is 0 Å². The molecule has 6 heteroatoms. The fourth-order valence-corrected chi connectivity index (χ4v) is 2.45. The first-order chi connectivity index (χ1) is 11.5. The van der Waals surface area contributed by atoms with Crippen LogP contribution in [0, 0.1) is 6.92 Å². The predicted octanol–water partition coefficient (Wildman–Crippen LogP) is 3.46. The van der Waals surface area contributed by atoms with Crippen LogP contribution in [0.4, 0.5) is 11.8 Å². The van der Waals surface area contributed by atoms with E-state index >= 15 is 0 Å². The molecule has 0 amide bonds. The summed E-state index contributed by atoms with van der Waals surface area (Å²) in [7, 11) is 4.16. The van der Waals surface area contributed by atoms with Crippen LogP contribution in [0.25, 0.3) is 0 Å². The van der Waals surface area contributed by atoms with Crippen molar-refractivity contribution in [3.8, 4) is 0 Å². The minimum Gasteiger partial charge on any atom is -0.370 e. The van der Waals surface area contributed by atoms with Crippen molar-refractivity contribution in [3.05, 3.63) is 46.6 Å². The number of nitrogens with one attached hydrogen (secondary N) is 2. The molecular formula is C18H26ClN5. The lowest BCUT2D eigenvalue weighted by Crippen LogP contribution is -2.17. The Morgan fingerprint density at radius 3 is 2.50 bits per heavy atom. The van der Waals surface area contributed by atoms with Crippen LogP contribution in [0.3, 0.4) is 0 Å². The first-order valence-electron chi connectivity index (χ1n) is 8.25. The fourth-order valence-electron chi connectivity index (χ4n) is 2.32. The van der Waals surface area contributed by atoms with Gasteiger partial charge < -0.3 is 15.5 Å². The van der Waals surface area contributed by atoms with Crippen molar-refractivity contribution in [1.82, 2.24) is 14.9 Å². The summed E-state index contributed by atoms with van der Waals surface area (Å²) in [5.74, 6) is 1.54. The second-order valence-corrected chi connectivity index (χ2v) is 6.54. The second-order valence-electron chi connectivity index (χ2n) is 6.11. The van der Waals surface area contributed by atoms with Crippen molar-refractivity contribution >= 4 is 23.4 Å². The van der Waals surface area contributed by atoms with E-state index in [0.717, 1.165) is 49.0 Å². The van der Waals surface area contributed by atoms with Gasteiger partial charge in [-0.25, -0.2) is 4.98 Å². The molecule has 130 valence electrons. The highest BCUT2D eigenvalue weighted by atomic mass is 35.5. The lowest BCUT2D eigenvalue weighted by Gasteiger charge is -2.12. The van der Waals surface area contributed by atoms with E-state index in [4.69, 9.17) is 11.6 Å². The molecular weight excluding hydrogens is 322 g/mol. The topological polar surface area (TPSA) is 53.1 Å². The third kappa shape index (κ3) is 6.72. The van der Waals surface area contributed by atoms with Crippen molar-refractivity contribution in [2.75, 3.05) is 44.4 Å². The van der Waals surface area contributed by atoms with Gasteiger partial charge in [-0.3, -0.25) is 0 Å². The SMILES string of the molecule is Cc1cc(NCCCN(C)C)nc(NCCc2ccc(Cl)cc2)n1. The van der Waals surface area contributed by atoms with Gasteiger partial charge in [0.2, 0.25) is 5.95 Å². The smallest absolute Gasteiger partial charge is 0.224 e. The maximum absolute atomic E-state index is 5.90. The van der Waals surface area contributed by atoms with Gasteiger partial charge in [0, 0.05) is 29.9 Å². The lowest BCUT2D eigenvalue weighted by molar-refractivity contribution is 0.405. The minimum absolute atomic E-state index is 0.666. The molecule has 2 N–H and O–H groups in total. The molecule has 0 bridgehead atoms. The molecule has 0 fully saturated rings. The zero-order valence-corrected chi connectivity index (χ0v) is 15.4. The summed E-state index contributed by atoms with van der Waals surface area (Å²) in [5, 5.41) is 7.42. The predicted molar refractivity (Wildman–Crippen MR) is 102 cm³/mol. The van der Waals surface area contributed by atoms with E-state index in [1.54, 1.807) is 0 Å². The molecule has 1 aromatic carbocycles. The number of hydrogen-bond donors (Lipinski definition) is 2. The number of hydrogen-bond acceptors (Lipinski definition) is 5. The number of aromatic nitrogens is 2. The van der Waals surface area contributed by atoms with E-state index < -0.39 is 0 Å². The number of halogens is 1. The Bertz CT molecular complexity index is 628. The molecule has 0 atom stereocenters. The van der Waals surface area contributed by atoms with Gasteiger partial charge in [0.15, 0.2) is 0 Å². The Balaban J connectivity index is 1.82. The summed E-state index contributed by atoms with van der Waals surface area (Å²) in [6.45, 7) is 4.73. The number of aryl methyl sites for hydroxylation is 1. The van der Waals surface area contributed by atoms with Crippen LogP contribution in [0.2, 0.25) is 5.02 Å². The standard InChI is InChI=1S/C18H26ClN5/c1-14-13-17(20-10-4-12-24(2)3)23-18(22-14)21-11-9-15-5-7-16(19)8-6-15/h5-8,13H,4,9-12H2,1-3H3,(H2,20,21,22,23). The van der Waals surface area contributed by atoms with Crippen molar-refractivity contribution in [2.45, 2.75) is 19.8 Å². The van der Waals surface area contributed by atoms with Gasteiger partial charge in [0.25, 0.3) is 0 Å². The minimum atomic E-state index is 0.666. The zero-order chi connectivity index (χ0) is 17.4. The molecule has 2 rings (SSSR count). The average Bonchev–Trinajstić information content (AvgIpc) is 2.53. The van der Waals surface area contributed by atoms with Crippen LogP contribution in [0.15, 0.2) is 30.3 Å². The highest BCUT2D eigenvalue weighted by Gasteiger charge is 2.02. The summed E-state index contributed by atoms with van der Waals surface area (Å²) >= 11 is 5.90. The first-order valence-corrected chi connectivity index (χ1v) is 8.63. The molecule has 0 spiro atoms. The highest BCUT2D eigenvalue weighted by molar-refractivity contribution is 6.30. The molecule has 24 heavy (non-hydrogen) atoms. The molecule has 1 heterocycles. The van der Waals surface area contributed by atoms with Crippen molar-refractivity contribution in [1.29, 1.82) is 0 Å². The summed E-state index contributed by atoms with van der Waals surface area (Å²) in [5.41, 5.74) is 2.19. The van der Waals surface area contributed by atoms with Gasteiger partial charge in [-0.2, -0.15) is 4.98 Å². The van der Waals surface area contributed by atoms with Crippen molar-refractivity contribution < 1.29 is 0 Å². The van der Waals surface area contributed by atoms with Crippen LogP contribution >= 0.6 is 11.6 Å². The van der Waals surface area contributed by atoms with Gasteiger partial charge in [-0.1, -0.05) is 23.7 Å². The van der Waals surface area contributed by atoms with Crippen LogP contribution in [-0.2, 0) is 6.42 Å². The molecule has 0 radical (unpaired) electrons. The average molecular weight is 348 g/mol. The molecule has 0 saturated heterocycles. The zero-order valence-electron chi connectivity index (χ0n) is 14.6. The fraction of sp³-hybridized carbons (Fsp3) is 0.444. The largest absolute Gasteiger partial charge is 0.370 e. The monoisotopic (exact) mass is 347 g/mol. The maximum Gasteiger partial charge on any atom is 0.224 e. The van der Waals surface area contributed by atoms with Crippen LogP contribution in [0.5, 0.6) is 0 Å². The molecule has 0 saturated carbocycles. The first kappa shape index (κ1) is 18.5. The van der Waals surface area contributed by atoms with Gasteiger partial charge in [0.05, 0.1) is 0 Å². The van der Waals surface area contributed by atoms with E-state index in [1.807, 2.05) is 37.3 Å². The van der Waals surface area contributed by atoms with Gasteiger partial charge >= 0.3 is 0 Å². The van der Waals surface area contributed by atoms with E-state index in [2.05, 4.69) is 39.6 Å². The molecule has 0 aliphatic heterocycles. The molecule has 0 aliphatic carbocycles. The Kier molecular flexibility index (Phi) is 7.28. The van der Waals surface area contributed by atoms with Crippen molar-refractivity contribution in [3.63, 3.8) is 0 Å². The number of anilines is 2. The molecule has 1 aromatic heterocycles. The Hall–Kier alpha value is -1.85. The quantitative estimate of drug-likeness (QED) is 0.680. The third-order valence-corrected chi connectivity index (χ3v) is 3.80. The summed E-state index contributed by atoms with van der Waals surface area (Å²) in [6.07, 6.45) is 1.98. The molecule has 5 nitrogen and oxygen atoms in total. The summed E-state index contributed by atoms with van der Waals surface area (Å²) in [4.78, 5) is 11.1. The van der Waals surface area contributed by atoms with Crippen molar-refractivity contribution in [2.24, 2.45) is 0 Å². The number of rotatable bonds is 9. The van der Waals surface area contributed by atoms with Gasteiger partial charge in [-0.15, -0.1) is 0 Å². The van der Waals surface area contributed by atoms with E-state index in [1.165, 1.54) is 5.56 Å².